The number of hydrogen-bond donors (Lipinski definition) is 0. The second kappa shape index (κ2) is 7.74. The van der Waals surface area contributed by atoms with Crippen molar-refractivity contribution in [2.45, 2.75) is 13.3 Å². The Balaban J connectivity index is 1.77. The molecule has 0 radical (unpaired) electrons. The lowest BCUT2D eigenvalue weighted by Gasteiger charge is -2.03. The fourth-order valence-corrected chi connectivity index (χ4v) is 3.62. The Morgan fingerprint density at radius 3 is 2.54 bits per heavy atom. The molecule has 0 saturated heterocycles. The monoisotopic (exact) mass is 391 g/mol. The van der Waals surface area contributed by atoms with Crippen LogP contribution in [0.3, 0.4) is 0 Å². The molecule has 0 spiro atoms. The van der Waals surface area contributed by atoms with Gasteiger partial charge in [0.1, 0.15) is 5.75 Å². The molecule has 0 aliphatic carbocycles. The van der Waals surface area contributed by atoms with Gasteiger partial charge in [0.25, 0.3) is 5.56 Å². The van der Waals surface area contributed by atoms with Gasteiger partial charge >= 0.3 is 5.56 Å². The zero-order valence-electron chi connectivity index (χ0n) is 15.2. The molecular weight excluding hydrogens is 374 g/mol. The molecule has 2 heterocycles. The minimum Gasteiger partial charge on any atom is -0.494 e. The van der Waals surface area contributed by atoms with Crippen molar-refractivity contribution in [3.8, 4) is 17.0 Å². The topological polar surface area (TPSA) is 73.6 Å². The molecule has 28 heavy (non-hydrogen) atoms. The highest BCUT2D eigenvalue weighted by Gasteiger charge is 2.12. The number of hydrogen-bond acceptors (Lipinski definition) is 6. The summed E-state index contributed by atoms with van der Waals surface area (Å²) in [7, 11) is 0. The van der Waals surface area contributed by atoms with Crippen LogP contribution >= 0.6 is 11.3 Å². The summed E-state index contributed by atoms with van der Waals surface area (Å²) in [5.74, 6) is 0.791. The normalized spacial score (nSPS) is 11.8. The zero-order chi connectivity index (χ0) is 19.5. The van der Waals surface area contributed by atoms with Gasteiger partial charge in [-0.15, -0.1) is 0 Å². The van der Waals surface area contributed by atoms with E-state index in [2.05, 4.69) is 17.0 Å². The van der Waals surface area contributed by atoms with Gasteiger partial charge in [0.2, 0.25) is 4.96 Å². The Labute approximate surface area is 164 Å². The standard InChI is InChI=1S/C21H17N3O3S/c1-2-12-27-16-10-8-14(9-11-16)13-17-20(26)24-21(28-17)22-19(25)18(23-24)15-6-4-3-5-7-15/h3-11,13H,2,12H2,1H3. The van der Waals surface area contributed by atoms with Gasteiger partial charge in [0.15, 0.2) is 5.69 Å². The summed E-state index contributed by atoms with van der Waals surface area (Å²) in [4.78, 5) is 29.4. The van der Waals surface area contributed by atoms with Crippen LogP contribution in [0.1, 0.15) is 18.9 Å². The highest BCUT2D eigenvalue weighted by molar-refractivity contribution is 7.15. The molecular formula is C21H17N3O3S. The molecule has 0 unspecified atom stereocenters. The number of rotatable bonds is 5. The zero-order valence-corrected chi connectivity index (χ0v) is 16.0. The van der Waals surface area contributed by atoms with Gasteiger partial charge in [-0.1, -0.05) is 60.7 Å². The van der Waals surface area contributed by atoms with Crippen molar-refractivity contribution in [2.75, 3.05) is 6.61 Å². The molecule has 0 bridgehead atoms. The molecule has 0 amide bonds. The first-order valence-corrected chi connectivity index (χ1v) is 9.71. The molecule has 0 atom stereocenters. The summed E-state index contributed by atoms with van der Waals surface area (Å²) in [6, 6.07) is 16.5. The Kier molecular flexibility index (Phi) is 4.99. The smallest absolute Gasteiger partial charge is 0.300 e. The van der Waals surface area contributed by atoms with E-state index >= 15 is 0 Å². The number of benzene rings is 2. The Morgan fingerprint density at radius 1 is 1.07 bits per heavy atom. The van der Waals surface area contributed by atoms with Gasteiger partial charge in [-0.25, -0.2) is 0 Å². The third-order valence-corrected chi connectivity index (χ3v) is 5.04. The predicted octanol–water partition coefficient (Wildman–Crippen LogP) is 2.51. The molecule has 7 heteroatoms. The van der Waals surface area contributed by atoms with Crippen LogP contribution in [0.15, 0.2) is 64.2 Å². The van der Waals surface area contributed by atoms with E-state index in [-0.39, 0.29) is 16.2 Å². The molecule has 0 fully saturated rings. The highest BCUT2D eigenvalue weighted by Crippen LogP contribution is 2.14. The average Bonchev–Trinajstić information content (AvgIpc) is 3.02. The quantitative estimate of drug-likeness (QED) is 0.523. The fraction of sp³-hybridized carbons (Fsp3) is 0.143. The number of thiazole rings is 1. The van der Waals surface area contributed by atoms with Gasteiger partial charge in [0, 0.05) is 5.56 Å². The van der Waals surface area contributed by atoms with Gasteiger partial charge in [-0.05, 0) is 30.2 Å². The van der Waals surface area contributed by atoms with Crippen LogP contribution in [0, 0.1) is 0 Å². The van der Waals surface area contributed by atoms with Gasteiger partial charge < -0.3 is 4.74 Å². The molecule has 6 nitrogen and oxygen atoms in total. The minimum absolute atomic E-state index is 0.164. The summed E-state index contributed by atoms with van der Waals surface area (Å²) in [5, 5.41) is 4.25. The van der Waals surface area contributed by atoms with E-state index in [4.69, 9.17) is 4.74 Å². The summed E-state index contributed by atoms with van der Waals surface area (Å²) < 4.78 is 7.23. The van der Waals surface area contributed by atoms with Crippen molar-refractivity contribution < 1.29 is 4.74 Å². The van der Waals surface area contributed by atoms with Crippen LogP contribution in [-0.4, -0.2) is 21.2 Å². The Bertz CT molecular complexity index is 1280. The van der Waals surface area contributed by atoms with E-state index < -0.39 is 5.56 Å². The van der Waals surface area contributed by atoms with E-state index in [0.29, 0.717) is 16.7 Å². The maximum absolute atomic E-state index is 12.7. The second-order valence-corrected chi connectivity index (χ2v) is 7.17. The second-order valence-electron chi connectivity index (χ2n) is 6.16. The third-order valence-electron chi connectivity index (χ3n) is 4.08. The largest absolute Gasteiger partial charge is 0.494 e. The molecule has 2 aromatic carbocycles. The lowest BCUT2D eigenvalue weighted by molar-refractivity contribution is 0.317. The Hall–Kier alpha value is -3.32. The first-order valence-electron chi connectivity index (χ1n) is 8.89. The molecule has 0 saturated carbocycles. The number of aromatic nitrogens is 3. The van der Waals surface area contributed by atoms with Crippen LogP contribution < -0.4 is 20.4 Å². The average molecular weight is 391 g/mol. The minimum atomic E-state index is -0.448. The lowest BCUT2D eigenvalue weighted by atomic mass is 10.2. The maximum atomic E-state index is 12.7. The molecule has 0 N–H and O–H groups in total. The third kappa shape index (κ3) is 3.57. The molecule has 0 aliphatic rings. The van der Waals surface area contributed by atoms with Crippen LogP contribution in [0.25, 0.3) is 22.3 Å². The van der Waals surface area contributed by atoms with E-state index in [1.54, 1.807) is 18.2 Å². The molecule has 2 aromatic heterocycles. The molecule has 0 aliphatic heterocycles. The first kappa shape index (κ1) is 18.1. The van der Waals surface area contributed by atoms with Crippen molar-refractivity contribution in [2.24, 2.45) is 0 Å². The van der Waals surface area contributed by atoms with E-state index in [1.807, 2.05) is 42.5 Å². The number of fused-ring (bicyclic) bond motifs is 1. The van der Waals surface area contributed by atoms with E-state index in [0.717, 1.165) is 29.1 Å². The summed E-state index contributed by atoms with van der Waals surface area (Å²) >= 11 is 1.14. The van der Waals surface area contributed by atoms with Crippen molar-refractivity contribution >= 4 is 22.4 Å². The molecule has 4 aromatic rings. The van der Waals surface area contributed by atoms with Gasteiger partial charge in [0.05, 0.1) is 11.1 Å². The predicted molar refractivity (Wildman–Crippen MR) is 110 cm³/mol. The maximum Gasteiger partial charge on any atom is 0.300 e. The van der Waals surface area contributed by atoms with Crippen molar-refractivity contribution in [1.29, 1.82) is 0 Å². The van der Waals surface area contributed by atoms with Crippen LogP contribution in [0.5, 0.6) is 5.75 Å². The fourth-order valence-electron chi connectivity index (χ4n) is 2.72. The summed E-state index contributed by atoms with van der Waals surface area (Å²) in [6.45, 7) is 2.72. The van der Waals surface area contributed by atoms with E-state index in [9.17, 15) is 9.59 Å². The van der Waals surface area contributed by atoms with Crippen molar-refractivity contribution in [3.05, 3.63) is 85.4 Å². The van der Waals surface area contributed by atoms with Gasteiger partial charge in [-0.2, -0.15) is 14.6 Å². The van der Waals surface area contributed by atoms with Crippen molar-refractivity contribution in [1.82, 2.24) is 14.6 Å². The highest BCUT2D eigenvalue weighted by atomic mass is 32.1. The number of nitrogens with zero attached hydrogens (tertiary/aromatic N) is 3. The lowest BCUT2D eigenvalue weighted by Crippen LogP contribution is -2.26. The number of ether oxygens (including phenoxy) is 1. The molecule has 140 valence electrons. The Morgan fingerprint density at radius 2 is 1.82 bits per heavy atom. The summed E-state index contributed by atoms with van der Waals surface area (Å²) in [6.07, 6.45) is 2.71. The summed E-state index contributed by atoms with van der Waals surface area (Å²) in [5.41, 5.74) is 0.913. The SMILES string of the molecule is CCCOc1ccc(C=c2sc3nc(=O)c(-c4ccccc4)nn3c2=O)cc1. The van der Waals surface area contributed by atoms with Crippen LogP contribution in [-0.2, 0) is 0 Å². The first-order chi connectivity index (χ1) is 13.7. The van der Waals surface area contributed by atoms with Gasteiger partial charge in [-0.3, -0.25) is 9.59 Å². The van der Waals surface area contributed by atoms with Crippen molar-refractivity contribution in [3.63, 3.8) is 0 Å². The van der Waals surface area contributed by atoms with Crippen LogP contribution in [0.4, 0.5) is 0 Å². The van der Waals surface area contributed by atoms with E-state index in [1.165, 1.54) is 4.52 Å². The molecule has 4 rings (SSSR count). The van der Waals surface area contributed by atoms with Crippen LogP contribution in [0.2, 0.25) is 0 Å².